The maximum atomic E-state index is 13.3. The number of benzene rings is 2. The Morgan fingerprint density at radius 3 is 2.58 bits per heavy atom. The van der Waals surface area contributed by atoms with E-state index in [0.29, 0.717) is 53.7 Å². The molecule has 8 nitrogen and oxygen atoms in total. The monoisotopic (exact) mass is 451 g/mol. The Morgan fingerprint density at radius 2 is 1.79 bits per heavy atom. The number of rotatable bonds is 5. The van der Waals surface area contributed by atoms with E-state index in [2.05, 4.69) is 5.32 Å². The number of para-hydroxylation sites is 1. The molecule has 8 heteroatoms. The van der Waals surface area contributed by atoms with E-state index < -0.39 is 5.92 Å². The first-order valence-corrected chi connectivity index (χ1v) is 11.1. The number of ether oxygens (including phenoxy) is 2. The van der Waals surface area contributed by atoms with Crippen molar-refractivity contribution in [3.05, 3.63) is 64.0 Å². The molecule has 33 heavy (non-hydrogen) atoms. The van der Waals surface area contributed by atoms with Crippen molar-refractivity contribution in [2.45, 2.75) is 50.2 Å². The molecule has 3 aromatic rings. The van der Waals surface area contributed by atoms with Crippen LogP contribution < -0.4 is 20.2 Å². The maximum absolute atomic E-state index is 13.3. The van der Waals surface area contributed by atoms with Crippen LogP contribution >= 0.6 is 0 Å². The number of aromatic hydroxyl groups is 1. The Hall–Kier alpha value is -3.52. The number of aliphatic hydroxyl groups excluding tert-OH is 1. The van der Waals surface area contributed by atoms with E-state index in [1.54, 1.807) is 30.3 Å². The van der Waals surface area contributed by atoms with Crippen LogP contribution in [-0.2, 0) is 4.79 Å². The zero-order valence-corrected chi connectivity index (χ0v) is 18.0. The van der Waals surface area contributed by atoms with Gasteiger partial charge in [-0.25, -0.2) is 0 Å². The number of carbonyl (C=O) groups excluding carboxylic acids is 1. The molecule has 1 amide bonds. The smallest absolute Gasteiger partial charge is 0.231 e. The van der Waals surface area contributed by atoms with Crippen LogP contribution in [-0.4, -0.2) is 35.1 Å². The lowest BCUT2D eigenvalue weighted by Gasteiger charge is -2.27. The van der Waals surface area contributed by atoms with Gasteiger partial charge in [-0.1, -0.05) is 12.1 Å². The average Bonchev–Trinajstić information content (AvgIpc) is 3.26. The SMILES string of the molecule is O=C(C[C@H](c1cc2c(cc1O)OCO2)c1coc2ccccc2c1=O)NC1CCC(O)CC1. The standard InChI is InChI=1S/C25H25NO7/c27-15-7-5-14(6-8-15)26-24(29)10-17(18-9-22-23(11-20(18)28)33-13-32-22)19-12-31-21-4-2-1-3-16(21)25(19)30/h1-4,9,11-12,14-15,17,27-28H,5-8,10,13H2,(H,26,29)/t14?,15?,17-/m1/s1. The fourth-order valence-electron chi connectivity index (χ4n) is 4.64. The lowest BCUT2D eigenvalue weighted by molar-refractivity contribution is -0.122. The van der Waals surface area contributed by atoms with E-state index in [4.69, 9.17) is 13.9 Å². The number of carbonyl (C=O) groups is 1. The van der Waals surface area contributed by atoms with Crippen LogP contribution in [0.1, 0.15) is 49.1 Å². The molecular weight excluding hydrogens is 426 g/mol. The highest BCUT2D eigenvalue weighted by Gasteiger charge is 2.29. The van der Waals surface area contributed by atoms with Crippen molar-refractivity contribution in [2.75, 3.05) is 6.79 Å². The van der Waals surface area contributed by atoms with Crippen molar-refractivity contribution in [3.63, 3.8) is 0 Å². The Kier molecular flexibility index (Phi) is 5.68. The maximum Gasteiger partial charge on any atom is 0.231 e. The predicted octanol–water partition coefficient (Wildman–Crippen LogP) is 3.17. The van der Waals surface area contributed by atoms with Crippen molar-refractivity contribution >= 4 is 16.9 Å². The van der Waals surface area contributed by atoms with E-state index in [1.807, 2.05) is 0 Å². The fraction of sp³-hybridized carbons (Fsp3) is 0.360. The van der Waals surface area contributed by atoms with Gasteiger partial charge in [-0.15, -0.1) is 0 Å². The molecule has 0 unspecified atom stereocenters. The summed E-state index contributed by atoms with van der Waals surface area (Å²) in [4.78, 5) is 26.4. The minimum absolute atomic E-state index is 0.0279. The van der Waals surface area contributed by atoms with Gasteiger partial charge >= 0.3 is 0 Å². The number of phenolic OH excluding ortho intramolecular Hbond substituents is 1. The first-order chi connectivity index (χ1) is 16.0. The summed E-state index contributed by atoms with van der Waals surface area (Å²) in [5.74, 6) is -0.239. The third kappa shape index (κ3) is 4.26. The Labute approximate surface area is 189 Å². The second-order valence-corrected chi connectivity index (χ2v) is 8.61. The quantitative estimate of drug-likeness (QED) is 0.545. The summed E-state index contributed by atoms with van der Waals surface area (Å²) in [5.41, 5.74) is 0.853. The van der Waals surface area contributed by atoms with Crippen LogP contribution in [0.15, 0.2) is 51.9 Å². The van der Waals surface area contributed by atoms with Crippen molar-refractivity contribution in [1.82, 2.24) is 5.32 Å². The molecule has 2 aliphatic rings. The second-order valence-electron chi connectivity index (χ2n) is 8.61. The molecule has 1 atom stereocenters. The van der Waals surface area contributed by atoms with Gasteiger partial charge < -0.3 is 29.4 Å². The lowest BCUT2D eigenvalue weighted by Crippen LogP contribution is -2.39. The number of aliphatic hydroxyl groups is 1. The summed E-state index contributed by atoms with van der Waals surface area (Å²) < 4.78 is 16.5. The van der Waals surface area contributed by atoms with E-state index in [9.17, 15) is 19.8 Å². The van der Waals surface area contributed by atoms with Crippen LogP contribution in [0.25, 0.3) is 11.0 Å². The topological polar surface area (TPSA) is 118 Å². The van der Waals surface area contributed by atoms with Gasteiger partial charge in [-0.3, -0.25) is 9.59 Å². The third-order valence-electron chi connectivity index (χ3n) is 6.43. The zero-order chi connectivity index (χ0) is 22.9. The predicted molar refractivity (Wildman–Crippen MR) is 120 cm³/mol. The molecule has 1 aromatic heterocycles. The second kappa shape index (κ2) is 8.78. The Bertz CT molecular complexity index is 1240. The van der Waals surface area contributed by atoms with E-state index >= 15 is 0 Å². The number of hydrogen-bond donors (Lipinski definition) is 3. The van der Waals surface area contributed by atoms with Crippen LogP contribution in [0, 0.1) is 0 Å². The molecule has 0 spiro atoms. The van der Waals surface area contributed by atoms with Gasteiger partial charge in [0.1, 0.15) is 11.3 Å². The molecule has 172 valence electrons. The van der Waals surface area contributed by atoms with Crippen molar-refractivity contribution in [1.29, 1.82) is 0 Å². The van der Waals surface area contributed by atoms with Gasteiger partial charge in [0.05, 0.1) is 17.8 Å². The normalized spacial score (nSPS) is 20.5. The fourth-order valence-corrected chi connectivity index (χ4v) is 4.64. The average molecular weight is 451 g/mol. The first-order valence-electron chi connectivity index (χ1n) is 11.1. The van der Waals surface area contributed by atoms with E-state index in [-0.39, 0.29) is 48.0 Å². The van der Waals surface area contributed by atoms with Gasteiger partial charge in [-0.2, -0.15) is 0 Å². The molecule has 5 rings (SSSR count). The van der Waals surface area contributed by atoms with Crippen LogP contribution in [0.2, 0.25) is 0 Å². The number of nitrogens with one attached hydrogen (secondary N) is 1. The first kappa shape index (κ1) is 21.3. The van der Waals surface area contributed by atoms with Crippen LogP contribution in [0.3, 0.4) is 0 Å². The van der Waals surface area contributed by atoms with E-state index in [0.717, 1.165) is 0 Å². The van der Waals surface area contributed by atoms with Gasteiger partial charge in [0.15, 0.2) is 16.9 Å². The number of phenols is 1. The summed E-state index contributed by atoms with van der Waals surface area (Å²) in [5, 5.41) is 23.9. The summed E-state index contributed by atoms with van der Waals surface area (Å²) >= 11 is 0. The highest BCUT2D eigenvalue weighted by molar-refractivity contribution is 5.80. The molecule has 1 aliphatic carbocycles. The lowest BCUT2D eigenvalue weighted by atomic mass is 9.87. The number of hydrogen-bond acceptors (Lipinski definition) is 7. The molecule has 1 aliphatic heterocycles. The Morgan fingerprint density at radius 1 is 1.06 bits per heavy atom. The van der Waals surface area contributed by atoms with Crippen molar-refractivity contribution < 1.29 is 28.9 Å². The summed E-state index contributed by atoms with van der Waals surface area (Å²) in [6.07, 6.45) is 3.67. The Balaban J connectivity index is 1.51. The molecule has 0 bridgehead atoms. The van der Waals surface area contributed by atoms with Gasteiger partial charge in [-0.05, 0) is 43.9 Å². The van der Waals surface area contributed by atoms with Crippen molar-refractivity contribution in [3.8, 4) is 17.2 Å². The third-order valence-corrected chi connectivity index (χ3v) is 6.43. The highest BCUT2D eigenvalue weighted by atomic mass is 16.7. The highest BCUT2D eigenvalue weighted by Crippen LogP contribution is 2.42. The largest absolute Gasteiger partial charge is 0.508 e. The molecule has 0 saturated heterocycles. The van der Waals surface area contributed by atoms with Crippen molar-refractivity contribution in [2.24, 2.45) is 0 Å². The summed E-state index contributed by atoms with van der Waals surface area (Å²) in [6, 6.07) is 9.93. The molecular formula is C25H25NO7. The molecule has 1 fully saturated rings. The van der Waals surface area contributed by atoms with Gasteiger partial charge in [0.2, 0.25) is 12.7 Å². The van der Waals surface area contributed by atoms with Gasteiger partial charge in [0.25, 0.3) is 0 Å². The molecule has 3 N–H and O–H groups in total. The van der Waals surface area contributed by atoms with Gasteiger partial charge in [0, 0.05) is 35.6 Å². The summed E-state index contributed by atoms with van der Waals surface area (Å²) in [7, 11) is 0. The number of amides is 1. The molecule has 1 saturated carbocycles. The zero-order valence-electron chi connectivity index (χ0n) is 18.0. The molecule has 2 aromatic carbocycles. The van der Waals surface area contributed by atoms with Crippen LogP contribution in [0.4, 0.5) is 0 Å². The molecule has 2 heterocycles. The minimum atomic E-state index is -0.755. The minimum Gasteiger partial charge on any atom is -0.508 e. The van der Waals surface area contributed by atoms with Crippen LogP contribution in [0.5, 0.6) is 17.2 Å². The number of fused-ring (bicyclic) bond motifs is 2. The van der Waals surface area contributed by atoms with E-state index in [1.165, 1.54) is 12.3 Å². The summed E-state index contributed by atoms with van der Waals surface area (Å²) in [6.45, 7) is 0.0367. The molecule has 0 radical (unpaired) electrons.